The molecule has 31 heavy (non-hydrogen) atoms. The average Bonchev–Trinajstić information content (AvgIpc) is 2.69. The maximum Gasteiger partial charge on any atom is 0.573 e. The topological polar surface area (TPSA) is 70.7 Å². The highest BCUT2D eigenvalue weighted by Gasteiger charge is 2.31. The van der Waals surface area contributed by atoms with Crippen LogP contribution >= 0.6 is 0 Å². The second-order valence-electron chi connectivity index (χ2n) is 6.92. The Balaban J connectivity index is 1.83. The third-order valence-corrected chi connectivity index (χ3v) is 6.15. The zero-order chi connectivity index (χ0) is 22.6. The van der Waals surface area contributed by atoms with E-state index in [9.17, 15) is 30.4 Å². The van der Waals surface area contributed by atoms with E-state index in [-0.39, 0.29) is 17.0 Å². The van der Waals surface area contributed by atoms with Crippen LogP contribution in [0.5, 0.6) is 5.75 Å². The molecule has 1 heterocycles. The number of hydrogen-bond acceptors (Lipinski definition) is 5. The standard InChI is InChI=1S/C19H20F5N3O3S/c20-16-6-1-13(11-17(16)21)18(12-27-9-7-25-8-10-27)26-31(28,29)15-4-2-14(3-5-15)30-19(22,23)24/h1-6,11,18,25-26H,7-10,12H2/t18-/m0/s1. The summed E-state index contributed by atoms with van der Waals surface area (Å²) in [5.41, 5.74) is 0.220. The molecule has 1 saturated heterocycles. The van der Waals surface area contributed by atoms with Crippen LogP contribution in [0.2, 0.25) is 0 Å². The van der Waals surface area contributed by atoms with Crippen LogP contribution in [-0.2, 0) is 10.0 Å². The van der Waals surface area contributed by atoms with E-state index in [1.807, 2.05) is 4.90 Å². The largest absolute Gasteiger partial charge is 0.573 e. The van der Waals surface area contributed by atoms with Crippen LogP contribution in [0.3, 0.4) is 0 Å². The summed E-state index contributed by atoms with van der Waals surface area (Å²) in [6.45, 7) is 2.84. The predicted octanol–water partition coefficient (Wildman–Crippen LogP) is 2.79. The first-order valence-corrected chi connectivity index (χ1v) is 10.8. The zero-order valence-corrected chi connectivity index (χ0v) is 16.9. The second-order valence-corrected chi connectivity index (χ2v) is 8.63. The van der Waals surface area contributed by atoms with Crippen LogP contribution in [0.25, 0.3) is 0 Å². The molecule has 0 radical (unpaired) electrons. The maximum absolute atomic E-state index is 13.8. The molecule has 0 bridgehead atoms. The van der Waals surface area contributed by atoms with E-state index in [2.05, 4.69) is 14.8 Å². The molecule has 1 aliphatic rings. The number of sulfonamides is 1. The number of nitrogens with zero attached hydrogens (tertiary/aromatic N) is 1. The van der Waals surface area contributed by atoms with Crippen molar-refractivity contribution in [3.8, 4) is 5.75 Å². The predicted molar refractivity (Wildman–Crippen MR) is 102 cm³/mol. The van der Waals surface area contributed by atoms with E-state index >= 15 is 0 Å². The molecule has 12 heteroatoms. The number of hydrogen-bond donors (Lipinski definition) is 2. The molecule has 2 aromatic rings. The van der Waals surface area contributed by atoms with Gasteiger partial charge in [-0.1, -0.05) is 6.07 Å². The van der Waals surface area contributed by atoms with Crippen molar-refractivity contribution in [1.82, 2.24) is 14.9 Å². The highest BCUT2D eigenvalue weighted by molar-refractivity contribution is 7.89. The van der Waals surface area contributed by atoms with Crippen LogP contribution in [0.15, 0.2) is 47.4 Å². The van der Waals surface area contributed by atoms with E-state index in [0.29, 0.717) is 26.2 Å². The van der Waals surface area contributed by atoms with E-state index in [1.54, 1.807) is 0 Å². The van der Waals surface area contributed by atoms with Gasteiger partial charge in [-0.15, -0.1) is 13.2 Å². The lowest BCUT2D eigenvalue weighted by Gasteiger charge is -2.31. The van der Waals surface area contributed by atoms with Crippen molar-refractivity contribution in [2.75, 3.05) is 32.7 Å². The van der Waals surface area contributed by atoms with Gasteiger partial charge in [-0.2, -0.15) is 0 Å². The van der Waals surface area contributed by atoms with Crippen LogP contribution < -0.4 is 14.8 Å². The first-order valence-electron chi connectivity index (χ1n) is 9.30. The van der Waals surface area contributed by atoms with Crippen molar-refractivity contribution in [1.29, 1.82) is 0 Å². The fourth-order valence-corrected chi connectivity index (χ4v) is 4.38. The summed E-state index contributed by atoms with van der Waals surface area (Å²) in [7, 11) is -4.19. The summed E-state index contributed by atoms with van der Waals surface area (Å²) < 4.78 is 95.9. The summed E-state index contributed by atoms with van der Waals surface area (Å²) in [6, 6.07) is 5.90. The second kappa shape index (κ2) is 9.47. The Labute approximate surface area is 176 Å². The first kappa shape index (κ1) is 23.4. The molecule has 0 amide bonds. The monoisotopic (exact) mass is 465 g/mol. The van der Waals surface area contributed by atoms with E-state index in [1.165, 1.54) is 6.07 Å². The molecule has 0 aliphatic carbocycles. The number of piperazine rings is 1. The van der Waals surface area contributed by atoms with Crippen LogP contribution in [0.4, 0.5) is 22.0 Å². The van der Waals surface area contributed by atoms with Crippen LogP contribution in [-0.4, -0.2) is 52.4 Å². The summed E-state index contributed by atoms with van der Waals surface area (Å²) >= 11 is 0. The normalized spacial score (nSPS) is 16.8. The molecule has 6 nitrogen and oxygen atoms in total. The Hall–Kier alpha value is -2.28. The quantitative estimate of drug-likeness (QED) is 0.616. The lowest BCUT2D eigenvalue weighted by atomic mass is 10.1. The number of nitrogens with one attached hydrogen (secondary N) is 2. The Morgan fingerprint density at radius 1 is 1.03 bits per heavy atom. The Morgan fingerprint density at radius 3 is 2.26 bits per heavy atom. The Bertz CT molecular complexity index is 994. The Kier molecular flexibility index (Phi) is 7.14. The molecule has 1 fully saturated rings. The third-order valence-electron chi connectivity index (χ3n) is 4.66. The number of alkyl halides is 3. The molecule has 170 valence electrons. The van der Waals surface area contributed by atoms with Gasteiger partial charge in [-0.25, -0.2) is 21.9 Å². The minimum Gasteiger partial charge on any atom is -0.406 e. The van der Waals surface area contributed by atoms with Gasteiger partial charge in [0, 0.05) is 32.7 Å². The van der Waals surface area contributed by atoms with Gasteiger partial charge in [-0.05, 0) is 42.0 Å². The molecule has 0 saturated carbocycles. The van der Waals surface area contributed by atoms with Gasteiger partial charge >= 0.3 is 6.36 Å². The molecular weight excluding hydrogens is 445 g/mol. The minimum atomic E-state index is -4.90. The summed E-state index contributed by atoms with van der Waals surface area (Å²) in [5, 5.41) is 3.16. The lowest BCUT2D eigenvalue weighted by Crippen LogP contribution is -2.47. The number of ether oxygens (including phenoxy) is 1. The lowest BCUT2D eigenvalue weighted by molar-refractivity contribution is -0.274. The molecule has 0 aromatic heterocycles. The molecule has 1 aliphatic heterocycles. The van der Waals surface area contributed by atoms with E-state index < -0.39 is 39.8 Å². The smallest absolute Gasteiger partial charge is 0.406 e. The molecule has 3 rings (SSSR count). The molecule has 0 unspecified atom stereocenters. The van der Waals surface area contributed by atoms with Gasteiger partial charge in [0.05, 0.1) is 10.9 Å². The Morgan fingerprint density at radius 2 is 1.68 bits per heavy atom. The molecular formula is C19H20F5N3O3S. The summed E-state index contributed by atoms with van der Waals surface area (Å²) in [6.07, 6.45) is -4.90. The van der Waals surface area contributed by atoms with Gasteiger partial charge in [0.15, 0.2) is 11.6 Å². The maximum atomic E-state index is 13.8. The highest BCUT2D eigenvalue weighted by Crippen LogP contribution is 2.25. The van der Waals surface area contributed by atoms with Crippen molar-refractivity contribution in [3.05, 3.63) is 59.7 Å². The van der Waals surface area contributed by atoms with Crippen LogP contribution in [0, 0.1) is 11.6 Å². The van der Waals surface area contributed by atoms with Crippen molar-refractivity contribution in [2.24, 2.45) is 0 Å². The van der Waals surface area contributed by atoms with Gasteiger partial charge in [0.2, 0.25) is 10.0 Å². The average molecular weight is 465 g/mol. The van der Waals surface area contributed by atoms with Crippen LogP contribution in [0.1, 0.15) is 11.6 Å². The fraction of sp³-hybridized carbons (Fsp3) is 0.368. The summed E-state index contributed by atoms with van der Waals surface area (Å²) in [5.74, 6) is -2.74. The number of rotatable bonds is 7. The van der Waals surface area contributed by atoms with Crippen molar-refractivity contribution in [3.63, 3.8) is 0 Å². The third kappa shape index (κ3) is 6.60. The van der Waals surface area contributed by atoms with E-state index in [0.717, 1.165) is 36.4 Å². The summed E-state index contributed by atoms with van der Waals surface area (Å²) in [4.78, 5) is 1.67. The molecule has 2 aromatic carbocycles. The van der Waals surface area contributed by atoms with Gasteiger partial charge in [0.25, 0.3) is 0 Å². The van der Waals surface area contributed by atoms with E-state index in [4.69, 9.17) is 0 Å². The van der Waals surface area contributed by atoms with Crippen molar-refractivity contribution < 1.29 is 35.1 Å². The minimum absolute atomic E-state index is 0.196. The SMILES string of the molecule is O=S(=O)(N[C@@H](CN1CCNCC1)c1ccc(F)c(F)c1)c1ccc(OC(F)(F)F)cc1. The molecule has 0 spiro atoms. The number of benzene rings is 2. The van der Waals surface area contributed by atoms with Crippen molar-refractivity contribution >= 4 is 10.0 Å². The first-order chi connectivity index (χ1) is 14.5. The number of halogens is 5. The molecule has 1 atom stereocenters. The molecule has 2 N–H and O–H groups in total. The van der Waals surface area contributed by atoms with Gasteiger partial charge in [-0.3, -0.25) is 4.90 Å². The van der Waals surface area contributed by atoms with Crippen molar-refractivity contribution in [2.45, 2.75) is 17.3 Å². The fourth-order valence-electron chi connectivity index (χ4n) is 3.17. The zero-order valence-electron chi connectivity index (χ0n) is 16.1. The van der Waals surface area contributed by atoms with Gasteiger partial charge in [0.1, 0.15) is 5.75 Å². The highest BCUT2D eigenvalue weighted by atomic mass is 32.2. The van der Waals surface area contributed by atoms with Gasteiger partial charge < -0.3 is 10.1 Å².